The highest BCUT2D eigenvalue weighted by atomic mass is 32.1. The smallest absolute Gasteiger partial charge is 0.296 e. The average Bonchev–Trinajstić information content (AvgIpc) is 3.40. The monoisotopic (exact) mass is 383 g/mol. The largest absolute Gasteiger partial charge is 0.507 e. The maximum Gasteiger partial charge on any atom is 0.296 e. The second-order valence-electron chi connectivity index (χ2n) is 6.03. The highest BCUT2D eigenvalue weighted by Crippen LogP contribution is 2.40. The number of nitrogens with zero attached hydrogens (tertiary/aromatic N) is 1. The Hall–Kier alpha value is -3.19. The molecule has 3 aromatic rings. The number of hydrogen-bond donors (Lipinski definition) is 1. The zero-order valence-electron chi connectivity index (χ0n) is 14.0. The van der Waals surface area contributed by atoms with E-state index in [0.29, 0.717) is 5.76 Å². The Labute approximate surface area is 158 Å². The number of carbonyl (C=O) groups excluding carboxylic acids is 2. The summed E-state index contributed by atoms with van der Waals surface area (Å²) in [7, 11) is 0. The van der Waals surface area contributed by atoms with Gasteiger partial charge in [0.2, 0.25) is 0 Å². The fraction of sp³-hybridized carbons (Fsp3) is 0.100. The van der Waals surface area contributed by atoms with E-state index in [2.05, 4.69) is 0 Å². The van der Waals surface area contributed by atoms with Crippen molar-refractivity contribution < 1.29 is 23.5 Å². The number of likely N-dealkylation sites (tertiary alicyclic amines) is 1. The second kappa shape index (κ2) is 6.85. The zero-order chi connectivity index (χ0) is 19.0. The number of furan rings is 1. The maximum atomic E-state index is 13.2. The summed E-state index contributed by atoms with van der Waals surface area (Å²) < 4.78 is 18.6. The normalized spacial score (nSPS) is 19.0. The summed E-state index contributed by atoms with van der Waals surface area (Å²) in [5, 5.41) is 12.6. The molecular formula is C20H14FNO4S. The van der Waals surface area contributed by atoms with Crippen LogP contribution in [0.5, 0.6) is 0 Å². The summed E-state index contributed by atoms with van der Waals surface area (Å²) in [6.07, 6.45) is 1.44. The van der Waals surface area contributed by atoms with E-state index in [1.54, 1.807) is 12.1 Å². The van der Waals surface area contributed by atoms with Crippen LogP contribution in [0.25, 0.3) is 5.76 Å². The number of carbonyl (C=O) groups is 2. The number of benzene rings is 1. The van der Waals surface area contributed by atoms with E-state index in [-0.39, 0.29) is 23.4 Å². The van der Waals surface area contributed by atoms with Gasteiger partial charge in [0.15, 0.2) is 0 Å². The Morgan fingerprint density at radius 3 is 2.56 bits per heavy atom. The number of halogens is 1. The summed E-state index contributed by atoms with van der Waals surface area (Å²) >= 11 is 1.46. The fourth-order valence-electron chi connectivity index (χ4n) is 3.12. The highest BCUT2D eigenvalue weighted by molar-refractivity contribution is 7.09. The minimum atomic E-state index is -0.854. The number of aliphatic hydroxyl groups excluding tert-OH is 1. The van der Waals surface area contributed by atoms with Crippen molar-refractivity contribution in [2.75, 3.05) is 0 Å². The van der Waals surface area contributed by atoms with Gasteiger partial charge in [0.25, 0.3) is 11.7 Å². The number of hydrogen-bond acceptors (Lipinski definition) is 5. The average molecular weight is 383 g/mol. The van der Waals surface area contributed by atoms with E-state index in [1.165, 1.54) is 46.8 Å². The van der Waals surface area contributed by atoms with Crippen LogP contribution in [-0.2, 0) is 16.1 Å². The van der Waals surface area contributed by atoms with E-state index >= 15 is 0 Å². The molecule has 1 aromatic carbocycles. The van der Waals surface area contributed by atoms with Crippen molar-refractivity contribution in [2.45, 2.75) is 12.6 Å². The lowest BCUT2D eigenvalue weighted by Gasteiger charge is -2.22. The van der Waals surface area contributed by atoms with E-state index < -0.39 is 23.5 Å². The van der Waals surface area contributed by atoms with Crippen molar-refractivity contribution >= 4 is 28.8 Å². The summed E-state index contributed by atoms with van der Waals surface area (Å²) in [4.78, 5) is 27.7. The zero-order valence-corrected chi connectivity index (χ0v) is 14.8. The van der Waals surface area contributed by atoms with E-state index in [9.17, 15) is 19.1 Å². The van der Waals surface area contributed by atoms with Crippen molar-refractivity contribution in [1.82, 2.24) is 4.90 Å². The maximum absolute atomic E-state index is 13.2. The second-order valence-corrected chi connectivity index (χ2v) is 7.06. The number of Topliss-reactive ketones (excluding diaryl/α,β-unsaturated/α-hetero) is 1. The molecule has 136 valence electrons. The molecule has 0 bridgehead atoms. The molecule has 0 radical (unpaired) electrons. The molecular weight excluding hydrogens is 369 g/mol. The van der Waals surface area contributed by atoms with Crippen molar-refractivity contribution in [3.63, 3.8) is 0 Å². The quantitative estimate of drug-likeness (QED) is 0.418. The molecule has 1 aliphatic heterocycles. The Bertz CT molecular complexity index is 1010. The first-order chi connectivity index (χ1) is 13.1. The molecule has 0 aliphatic carbocycles. The third kappa shape index (κ3) is 3.06. The molecule has 5 nitrogen and oxygen atoms in total. The summed E-state index contributed by atoms with van der Waals surface area (Å²) in [6.45, 7) is 0.216. The lowest BCUT2D eigenvalue weighted by atomic mass is 9.99. The molecule has 1 fully saturated rings. The molecule has 0 saturated carbocycles. The third-order valence-electron chi connectivity index (χ3n) is 4.38. The lowest BCUT2D eigenvalue weighted by molar-refractivity contribution is -0.140. The SMILES string of the molecule is O=C1C(=O)N(Cc2cccs2)C(c2ccco2)/C1=C(/O)c1ccc(F)cc1. The first kappa shape index (κ1) is 17.2. The molecule has 4 rings (SSSR count). The Balaban J connectivity index is 1.83. The predicted molar refractivity (Wildman–Crippen MR) is 97.3 cm³/mol. The molecule has 0 spiro atoms. The standard InChI is InChI=1S/C20H14FNO4S/c21-13-7-5-12(6-8-13)18(23)16-17(15-4-1-9-26-15)22(20(25)19(16)24)11-14-3-2-10-27-14/h1-10,17,23H,11H2/b18-16-. The van der Waals surface area contributed by atoms with Crippen molar-refractivity contribution in [1.29, 1.82) is 0 Å². The van der Waals surface area contributed by atoms with Gasteiger partial charge in [-0.25, -0.2) is 4.39 Å². The van der Waals surface area contributed by atoms with Crippen LogP contribution in [0.1, 0.15) is 22.2 Å². The van der Waals surface area contributed by atoms with Crippen LogP contribution >= 0.6 is 11.3 Å². The molecule has 3 heterocycles. The van der Waals surface area contributed by atoms with Gasteiger partial charge in [-0.15, -0.1) is 11.3 Å². The third-order valence-corrected chi connectivity index (χ3v) is 5.24. The molecule has 1 atom stereocenters. The van der Waals surface area contributed by atoms with Crippen LogP contribution in [0.2, 0.25) is 0 Å². The highest BCUT2D eigenvalue weighted by Gasteiger charge is 2.47. The van der Waals surface area contributed by atoms with Gasteiger partial charge in [-0.2, -0.15) is 0 Å². The van der Waals surface area contributed by atoms with Crippen LogP contribution in [0.3, 0.4) is 0 Å². The summed E-state index contributed by atoms with van der Waals surface area (Å²) in [5.41, 5.74) is 0.181. The number of ketones is 1. The van der Waals surface area contributed by atoms with Gasteiger partial charge in [-0.3, -0.25) is 9.59 Å². The van der Waals surface area contributed by atoms with E-state index in [1.807, 2.05) is 17.5 Å². The molecule has 7 heteroatoms. The van der Waals surface area contributed by atoms with Crippen LogP contribution in [0.15, 0.2) is 70.2 Å². The van der Waals surface area contributed by atoms with Gasteiger partial charge in [-0.1, -0.05) is 6.07 Å². The number of amides is 1. The van der Waals surface area contributed by atoms with Gasteiger partial charge < -0.3 is 14.4 Å². The minimum Gasteiger partial charge on any atom is -0.507 e. The molecule has 1 N–H and O–H groups in total. The molecule has 1 aliphatic rings. The predicted octanol–water partition coefficient (Wildman–Crippen LogP) is 4.10. The first-order valence-corrected chi connectivity index (χ1v) is 9.04. The van der Waals surface area contributed by atoms with Crippen LogP contribution in [0.4, 0.5) is 4.39 Å². The lowest BCUT2D eigenvalue weighted by Crippen LogP contribution is -2.28. The number of thiophene rings is 1. The minimum absolute atomic E-state index is 0.0712. The number of aliphatic hydroxyl groups is 1. The van der Waals surface area contributed by atoms with E-state index in [0.717, 1.165) is 4.88 Å². The molecule has 1 saturated heterocycles. The first-order valence-electron chi connectivity index (χ1n) is 8.16. The molecule has 1 amide bonds. The van der Waals surface area contributed by atoms with Gasteiger partial charge >= 0.3 is 0 Å². The summed E-state index contributed by atoms with van der Waals surface area (Å²) in [6, 6.07) is 11.2. The van der Waals surface area contributed by atoms with Crippen LogP contribution < -0.4 is 0 Å². The van der Waals surface area contributed by atoms with Gasteiger partial charge in [0.1, 0.15) is 23.4 Å². The van der Waals surface area contributed by atoms with E-state index in [4.69, 9.17) is 4.42 Å². The van der Waals surface area contributed by atoms with Crippen LogP contribution in [0, 0.1) is 5.82 Å². The topological polar surface area (TPSA) is 70.8 Å². The van der Waals surface area contributed by atoms with Crippen molar-refractivity contribution in [2.24, 2.45) is 0 Å². The van der Waals surface area contributed by atoms with Gasteiger partial charge in [0.05, 0.1) is 18.4 Å². The molecule has 1 unspecified atom stereocenters. The Morgan fingerprint density at radius 1 is 1.15 bits per heavy atom. The fourth-order valence-corrected chi connectivity index (χ4v) is 3.82. The van der Waals surface area contributed by atoms with Gasteiger partial charge in [-0.05, 0) is 47.8 Å². The number of rotatable bonds is 4. The molecule has 2 aromatic heterocycles. The summed E-state index contributed by atoms with van der Waals surface area (Å²) in [5.74, 6) is -1.96. The Morgan fingerprint density at radius 2 is 1.93 bits per heavy atom. The van der Waals surface area contributed by atoms with Crippen molar-refractivity contribution in [3.8, 4) is 0 Å². The Kier molecular flexibility index (Phi) is 4.37. The van der Waals surface area contributed by atoms with Gasteiger partial charge in [0, 0.05) is 10.4 Å². The molecule has 27 heavy (non-hydrogen) atoms. The van der Waals surface area contributed by atoms with Crippen molar-refractivity contribution in [3.05, 3.63) is 87.8 Å². The van der Waals surface area contributed by atoms with Crippen LogP contribution in [-0.4, -0.2) is 21.7 Å².